The highest BCUT2D eigenvalue weighted by atomic mass is 16.5. The molecule has 1 aromatic heterocycles. The van der Waals surface area contributed by atoms with Gasteiger partial charge in [0.2, 0.25) is 0 Å². The summed E-state index contributed by atoms with van der Waals surface area (Å²) in [6.45, 7) is 5.21. The van der Waals surface area contributed by atoms with E-state index in [4.69, 9.17) is 4.74 Å². The predicted octanol–water partition coefficient (Wildman–Crippen LogP) is 1.93. The smallest absolute Gasteiger partial charge is 0.319 e. The number of carbonyl (C=O) groups is 1. The summed E-state index contributed by atoms with van der Waals surface area (Å²) < 4.78 is 7.28. The Morgan fingerprint density at radius 3 is 2.92 bits per heavy atom. The van der Waals surface area contributed by atoms with E-state index in [-0.39, 0.29) is 6.03 Å². The van der Waals surface area contributed by atoms with Crippen molar-refractivity contribution in [3.05, 3.63) is 36.7 Å². The van der Waals surface area contributed by atoms with E-state index in [9.17, 15) is 4.79 Å². The van der Waals surface area contributed by atoms with Crippen LogP contribution in [0.5, 0.6) is 0 Å². The van der Waals surface area contributed by atoms with Gasteiger partial charge in [-0.3, -0.25) is 4.90 Å². The maximum absolute atomic E-state index is 12.1. The second-order valence-electron chi connectivity index (χ2n) is 6.13. The zero-order chi connectivity index (χ0) is 17.5. The molecule has 7 nitrogen and oxygen atoms in total. The standard InChI is InChI=1S/C18H25N5O2/c1-22-9-7-19-17(22)15-4-2-5-16(14-15)21-18(24)20-6-3-8-23-10-12-25-13-11-23/h2,4-5,7,9,14H,3,6,8,10-13H2,1H3,(H2,20,21,24). The van der Waals surface area contributed by atoms with Crippen LogP contribution in [0.2, 0.25) is 0 Å². The first-order valence-corrected chi connectivity index (χ1v) is 8.65. The molecule has 2 amide bonds. The zero-order valence-corrected chi connectivity index (χ0v) is 14.6. The zero-order valence-electron chi connectivity index (χ0n) is 14.6. The highest BCUT2D eigenvalue weighted by molar-refractivity contribution is 5.89. The maximum atomic E-state index is 12.1. The number of nitrogens with zero attached hydrogens (tertiary/aromatic N) is 3. The summed E-state index contributed by atoms with van der Waals surface area (Å²) in [4.78, 5) is 18.7. The van der Waals surface area contributed by atoms with Gasteiger partial charge in [-0.2, -0.15) is 0 Å². The van der Waals surface area contributed by atoms with Crippen LogP contribution in [0.3, 0.4) is 0 Å². The number of aromatic nitrogens is 2. The van der Waals surface area contributed by atoms with Gasteiger partial charge in [0.05, 0.1) is 13.2 Å². The van der Waals surface area contributed by atoms with E-state index in [1.165, 1.54) is 0 Å². The molecule has 25 heavy (non-hydrogen) atoms. The van der Waals surface area contributed by atoms with Crippen LogP contribution in [0.1, 0.15) is 6.42 Å². The molecular weight excluding hydrogens is 318 g/mol. The van der Waals surface area contributed by atoms with Crippen LogP contribution in [-0.2, 0) is 11.8 Å². The molecule has 1 aliphatic heterocycles. The van der Waals surface area contributed by atoms with Gasteiger partial charge >= 0.3 is 6.03 Å². The number of ether oxygens (including phenoxy) is 1. The van der Waals surface area contributed by atoms with Crippen LogP contribution in [0.25, 0.3) is 11.4 Å². The lowest BCUT2D eigenvalue weighted by atomic mass is 10.2. The first kappa shape index (κ1) is 17.4. The maximum Gasteiger partial charge on any atom is 0.319 e. The summed E-state index contributed by atoms with van der Waals surface area (Å²) in [5.74, 6) is 0.870. The Hall–Kier alpha value is -2.38. The summed E-state index contributed by atoms with van der Waals surface area (Å²) in [5, 5.41) is 5.79. The number of hydrogen-bond acceptors (Lipinski definition) is 4. The summed E-state index contributed by atoms with van der Waals surface area (Å²) >= 11 is 0. The fraction of sp³-hybridized carbons (Fsp3) is 0.444. The molecule has 3 rings (SSSR count). The van der Waals surface area contributed by atoms with E-state index >= 15 is 0 Å². The largest absolute Gasteiger partial charge is 0.379 e. The molecule has 1 aliphatic rings. The van der Waals surface area contributed by atoms with Gasteiger partial charge in [0.15, 0.2) is 0 Å². The summed E-state index contributed by atoms with van der Waals surface area (Å²) in [5.41, 5.74) is 1.73. The normalized spacial score (nSPS) is 15.1. The summed E-state index contributed by atoms with van der Waals surface area (Å²) in [6, 6.07) is 7.51. The van der Waals surface area contributed by atoms with Gasteiger partial charge in [-0.25, -0.2) is 9.78 Å². The average Bonchev–Trinajstić information content (AvgIpc) is 3.06. The van der Waals surface area contributed by atoms with Crippen molar-refractivity contribution in [2.24, 2.45) is 7.05 Å². The van der Waals surface area contributed by atoms with Gasteiger partial charge in [-0.05, 0) is 25.1 Å². The Balaban J connectivity index is 1.44. The Morgan fingerprint density at radius 2 is 2.16 bits per heavy atom. The molecule has 1 fully saturated rings. The number of carbonyl (C=O) groups excluding carboxylic acids is 1. The third kappa shape index (κ3) is 5.04. The second kappa shape index (κ2) is 8.64. The van der Waals surface area contributed by atoms with E-state index in [1.54, 1.807) is 6.20 Å². The second-order valence-corrected chi connectivity index (χ2v) is 6.13. The Bertz CT molecular complexity index is 694. The van der Waals surface area contributed by atoms with Crippen LogP contribution in [0, 0.1) is 0 Å². The molecule has 0 aliphatic carbocycles. The molecule has 2 heterocycles. The van der Waals surface area contributed by atoms with Gasteiger partial charge in [0.1, 0.15) is 5.82 Å². The van der Waals surface area contributed by atoms with Gasteiger partial charge in [-0.1, -0.05) is 12.1 Å². The highest BCUT2D eigenvalue weighted by Crippen LogP contribution is 2.20. The molecule has 0 radical (unpaired) electrons. The van der Waals surface area contributed by atoms with Crippen molar-refractivity contribution in [1.29, 1.82) is 0 Å². The molecule has 2 aromatic rings. The molecule has 134 valence electrons. The van der Waals surface area contributed by atoms with E-state index in [0.717, 1.165) is 56.3 Å². The van der Waals surface area contributed by atoms with Gasteiger partial charge in [-0.15, -0.1) is 0 Å². The van der Waals surface area contributed by atoms with Crippen molar-refractivity contribution < 1.29 is 9.53 Å². The SMILES string of the molecule is Cn1ccnc1-c1cccc(NC(=O)NCCCN2CCOCC2)c1. The monoisotopic (exact) mass is 343 g/mol. The minimum atomic E-state index is -0.182. The van der Waals surface area contributed by atoms with Gasteiger partial charge in [0.25, 0.3) is 0 Å². The number of hydrogen-bond donors (Lipinski definition) is 2. The number of rotatable bonds is 6. The molecule has 0 spiro atoms. The quantitative estimate of drug-likeness (QED) is 0.786. The van der Waals surface area contributed by atoms with Crippen LogP contribution in [0.15, 0.2) is 36.7 Å². The van der Waals surface area contributed by atoms with Crippen LogP contribution >= 0.6 is 0 Å². The minimum Gasteiger partial charge on any atom is -0.379 e. The molecule has 7 heteroatoms. The molecule has 0 atom stereocenters. The molecule has 0 saturated carbocycles. The number of nitrogens with one attached hydrogen (secondary N) is 2. The topological polar surface area (TPSA) is 71.4 Å². The summed E-state index contributed by atoms with van der Waals surface area (Å²) in [7, 11) is 1.95. The lowest BCUT2D eigenvalue weighted by Crippen LogP contribution is -2.38. The summed E-state index contributed by atoms with van der Waals surface area (Å²) in [6.07, 6.45) is 4.59. The Morgan fingerprint density at radius 1 is 1.32 bits per heavy atom. The molecule has 1 saturated heterocycles. The van der Waals surface area contributed by atoms with Crippen molar-refractivity contribution in [1.82, 2.24) is 19.8 Å². The lowest BCUT2D eigenvalue weighted by molar-refractivity contribution is 0.0375. The number of aryl methyl sites for hydroxylation is 1. The molecule has 0 bridgehead atoms. The fourth-order valence-corrected chi connectivity index (χ4v) is 2.88. The number of morpholine rings is 1. The molecule has 1 aromatic carbocycles. The number of anilines is 1. The van der Waals surface area contributed by atoms with Gasteiger partial charge < -0.3 is 19.9 Å². The lowest BCUT2D eigenvalue weighted by Gasteiger charge is -2.26. The molecule has 2 N–H and O–H groups in total. The van der Waals surface area contributed by atoms with Crippen LogP contribution in [-0.4, -0.2) is 59.9 Å². The van der Waals surface area contributed by atoms with Crippen LogP contribution in [0.4, 0.5) is 10.5 Å². The predicted molar refractivity (Wildman–Crippen MR) is 97.5 cm³/mol. The van der Waals surface area contributed by atoms with Crippen molar-refractivity contribution in [3.63, 3.8) is 0 Å². The number of urea groups is 1. The minimum absolute atomic E-state index is 0.182. The van der Waals surface area contributed by atoms with Crippen molar-refractivity contribution in [2.75, 3.05) is 44.7 Å². The Labute approximate surface area is 148 Å². The van der Waals surface area contributed by atoms with E-state index in [0.29, 0.717) is 6.54 Å². The third-order valence-corrected chi connectivity index (χ3v) is 4.24. The Kier molecular flexibility index (Phi) is 6.03. The average molecular weight is 343 g/mol. The fourth-order valence-electron chi connectivity index (χ4n) is 2.88. The molecular formula is C18H25N5O2. The number of imidazole rings is 1. The molecule has 0 unspecified atom stereocenters. The third-order valence-electron chi connectivity index (χ3n) is 4.24. The van der Waals surface area contributed by atoms with Gasteiger partial charge in [0, 0.05) is 50.3 Å². The van der Waals surface area contributed by atoms with Crippen LogP contribution < -0.4 is 10.6 Å². The first-order chi connectivity index (χ1) is 12.2. The first-order valence-electron chi connectivity index (χ1n) is 8.65. The number of benzene rings is 1. The van der Waals surface area contributed by atoms with Crippen molar-refractivity contribution in [3.8, 4) is 11.4 Å². The van der Waals surface area contributed by atoms with Crippen molar-refractivity contribution >= 4 is 11.7 Å². The number of amides is 2. The van der Waals surface area contributed by atoms with E-state index < -0.39 is 0 Å². The van der Waals surface area contributed by atoms with Crippen molar-refractivity contribution in [2.45, 2.75) is 6.42 Å². The van der Waals surface area contributed by atoms with E-state index in [2.05, 4.69) is 20.5 Å². The van der Waals surface area contributed by atoms with E-state index in [1.807, 2.05) is 42.1 Å². The highest BCUT2D eigenvalue weighted by Gasteiger charge is 2.10.